The first kappa shape index (κ1) is 14.5. The summed E-state index contributed by atoms with van der Waals surface area (Å²) in [6.07, 6.45) is 6.57. The van der Waals surface area contributed by atoms with E-state index in [9.17, 15) is 4.79 Å². The molecule has 1 aliphatic rings. The van der Waals surface area contributed by atoms with Gasteiger partial charge in [0.05, 0.1) is 0 Å². The van der Waals surface area contributed by atoms with Crippen molar-refractivity contribution in [2.24, 2.45) is 5.41 Å². The molecule has 100 valence electrons. The van der Waals surface area contributed by atoms with Crippen LogP contribution in [0.25, 0.3) is 0 Å². The Kier molecular flexibility index (Phi) is 5.96. The molecule has 0 aromatic rings. The first-order valence-corrected chi connectivity index (χ1v) is 7.03. The molecule has 1 heterocycles. The summed E-state index contributed by atoms with van der Waals surface area (Å²) in [5, 5.41) is 6.52. The maximum atomic E-state index is 11.7. The van der Waals surface area contributed by atoms with E-state index < -0.39 is 0 Å². The van der Waals surface area contributed by atoms with Crippen LogP contribution < -0.4 is 10.6 Å². The number of carbonyl (C=O) groups excluding carboxylic acids is 1. The second-order valence-electron chi connectivity index (χ2n) is 5.98. The Morgan fingerprint density at radius 2 is 2.18 bits per heavy atom. The molecule has 0 aliphatic carbocycles. The second-order valence-corrected chi connectivity index (χ2v) is 5.98. The zero-order valence-corrected chi connectivity index (χ0v) is 11.6. The maximum Gasteiger partial charge on any atom is 0.220 e. The Morgan fingerprint density at radius 3 is 2.76 bits per heavy atom. The van der Waals surface area contributed by atoms with E-state index in [-0.39, 0.29) is 11.3 Å². The van der Waals surface area contributed by atoms with Crippen LogP contribution in [0.2, 0.25) is 0 Å². The molecule has 1 aliphatic heterocycles. The summed E-state index contributed by atoms with van der Waals surface area (Å²) < 4.78 is 0. The van der Waals surface area contributed by atoms with Crippen molar-refractivity contribution in [1.82, 2.24) is 10.6 Å². The van der Waals surface area contributed by atoms with E-state index in [2.05, 4.69) is 31.4 Å². The van der Waals surface area contributed by atoms with Crippen molar-refractivity contribution in [3.63, 3.8) is 0 Å². The van der Waals surface area contributed by atoms with Crippen molar-refractivity contribution in [2.75, 3.05) is 13.1 Å². The van der Waals surface area contributed by atoms with Crippen molar-refractivity contribution >= 4 is 5.91 Å². The number of carbonyl (C=O) groups is 1. The van der Waals surface area contributed by atoms with Gasteiger partial charge in [-0.15, -0.1) is 0 Å². The number of amides is 1. The third-order valence-corrected chi connectivity index (χ3v) is 3.85. The molecule has 0 spiro atoms. The molecule has 0 bridgehead atoms. The van der Waals surface area contributed by atoms with E-state index in [1.54, 1.807) is 0 Å². The third kappa shape index (κ3) is 6.06. The third-order valence-electron chi connectivity index (χ3n) is 3.85. The van der Waals surface area contributed by atoms with Crippen molar-refractivity contribution in [1.29, 1.82) is 0 Å². The highest BCUT2D eigenvalue weighted by atomic mass is 16.1. The molecule has 1 saturated heterocycles. The fourth-order valence-electron chi connectivity index (χ4n) is 2.03. The lowest BCUT2D eigenvalue weighted by atomic mass is 9.90. The molecule has 0 aromatic carbocycles. The zero-order valence-electron chi connectivity index (χ0n) is 11.6. The predicted molar refractivity (Wildman–Crippen MR) is 72.0 cm³/mol. The molecule has 1 fully saturated rings. The van der Waals surface area contributed by atoms with Crippen LogP contribution in [0.15, 0.2) is 0 Å². The fourth-order valence-corrected chi connectivity index (χ4v) is 2.03. The van der Waals surface area contributed by atoms with Gasteiger partial charge in [0.25, 0.3) is 0 Å². The SMILES string of the molecule is CCC(C)(C)CNC(=O)CCC1CCCCN1. The first-order chi connectivity index (χ1) is 8.03. The van der Waals surface area contributed by atoms with Gasteiger partial charge in [0.1, 0.15) is 0 Å². The average molecular weight is 240 g/mol. The van der Waals surface area contributed by atoms with E-state index in [0.29, 0.717) is 12.5 Å². The molecule has 1 unspecified atom stereocenters. The fraction of sp³-hybridized carbons (Fsp3) is 0.929. The number of hydrogen-bond acceptors (Lipinski definition) is 2. The van der Waals surface area contributed by atoms with Gasteiger partial charge in [-0.3, -0.25) is 4.79 Å². The summed E-state index contributed by atoms with van der Waals surface area (Å²) in [5.74, 6) is 0.207. The average Bonchev–Trinajstić information content (AvgIpc) is 2.35. The van der Waals surface area contributed by atoms with E-state index in [0.717, 1.165) is 25.9 Å². The van der Waals surface area contributed by atoms with Crippen LogP contribution in [0.3, 0.4) is 0 Å². The molecule has 3 nitrogen and oxygen atoms in total. The predicted octanol–water partition coefficient (Wildman–Crippen LogP) is 2.46. The van der Waals surface area contributed by atoms with Crippen LogP contribution in [0.1, 0.15) is 59.3 Å². The van der Waals surface area contributed by atoms with Crippen molar-refractivity contribution < 1.29 is 4.79 Å². The molecule has 0 saturated carbocycles. The number of hydrogen-bond donors (Lipinski definition) is 2. The molecule has 0 aromatic heterocycles. The molecule has 1 amide bonds. The van der Waals surface area contributed by atoms with E-state index in [1.807, 2.05) is 0 Å². The molecule has 0 radical (unpaired) electrons. The van der Waals surface area contributed by atoms with Gasteiger partial charge < -0.3 is 10.6 Å². The van der Waals surface area contributed by atoms with Crippen LogP contribution in [-0.2, 0) is 4.79 Å². The normalized spacial score (nSPS) is 21.2. The summed E-state index contributed by atoms with van der Waals surface area (Å²) in [6.45, 7) is 8.46. The molecule has 2 N–H and O–H groups in total. The molecular weight excluding hydrogens is 212 g/mol. The van der Waals surface area contributed by atoms with E-state index >= 15 is 0 Å². The Hall–Kier alpha value is -0.570. The largest absolute Gasteiger partial charge is 0.356 e. The molecule has 1 atom stereocenters. The first-order valence-electron chi connectivity index (χ1n) is 7.03. The van der Waals surface area contributed by atoms with Crippen LogP contribution in [0.5, 0.6) is 0 Å². The van der Waals surface area contributed by atoms with Crippen molar-refractivity contribution in [2.45, 2.75) is 65.3 Å². The molecule has 17 heavy (non-hydrogen) atoms. The van der Waals surface area contributed by atoms with Gasteiger partial charge in [-0.05, 0) is 37.6 Å². The minimum Gasteiger partial charge on any atom is -0.356 e. The van der Waals surface area contributed by atoms with Crippen LogP contribution in [0.4, 0.5) is 0 Å². The lowest BCUT2D eigenvalue weighted by Crippen LogP contribution is -2.37. The number of rotatable bonds is 6. The Balaban J connectivity index is 2.12. The summed E-state index contributed by atoms with van der Waals surface area (Å²) >= 11 is 0. The smallest absolute Gasteiger partial charge is 0.220 e. The highest BCUT2D eigenvalue weighted by Gasteiger charge is 2.17. The minimum absolute atomic E-state index is 0.207. The Bertz CT molecular complexity index is 232. The summed E-state index contributed by atoms with van der Waals surface area (Å²) in [6, 6.07) is 0.564. The maximum absolute atomic E-state index is 11.7. The number of piperidine rings is 1. The van der Waals surface area contributed by atoms with E-state index in [4.69, 9.17) is 0 Å². The Labute approximate surface area is 106 Å². The summed E-state index contributed by atoms with van der Waals surface area (Å²) in [4.78, 5) is 11.7. The quantitative estimate of drug-likeness (QED) is 0.749. The second kappa shape index (κ2) is 7.00. The topological polar surface area (TPSA) is 41.1 Å². The van der Waals surface area contributed by atoms with Crippen LogP contribution in [-0.4, -0.2) is 25.0 Å². The van der Waals surface area contributed by atoms with Gasteiger partial charge >= 0.3 is 0 Å². The van der Waals surface area contributed by atoms with Crippen LogP contribution >= 0.6 is 0 Å². The van der Waals surface area contributed by atoms with Gasteiger partial charge in [-0.1, -0.05) is 27.2 Å². The minimum atomic E-state index is 0.207. The number of nitrogens with one attached hydrogen (secondary N) is 2. The van der Waals surface area contributed by atoms with Crippen LogP contribution in [0, 0.1) is 5.41 Å². The molecular formula is C14H28N2O. The van der Waals surface area contributed by atoms with Gasteiger partial charge in [0, 0.05) is 19.0 Å². The van der Waals surface area contributed by atoms with E-state index in [1.165, 1.54) is 19.3 Å². The Morgan fingerprint density at radius 1 is 1.41 bits per heavy atom. The monoisotopic (exact) mass is 240 g/mol. The highest BCUT2D eigenvalue weighted by molar-refractivity contribution is 5.75. The van der Waals surface area contributed by atoms with Crippen molar-refractivity contribution in [3.8, 4) is 0 Å². The standard InChI is InChI=1S/C14H28N2O/c1-4-14(2,3)11-16-13(17)9-8-12-7-5-6-10-15-12/h12,15H,4-11H2,1-3H3,(H,16,17). The lowest BCUT2D eigenvalue weighted by molar-refractivity contribution is -0.121. The van der Waals surface area contributed by atoms with Gasteiger partial charge in [-0.2, -0.15) is 0 Å². The van der Waals surface area contributed by atoms with Crippen molar-refractivity contribution in [3.05, 3.63) is 0 Å². The summed E-state index contributed by atoms with van der Waals surface area (Å²) in [5.41, 5.74) is 0.221. The van der Waals surface area contributed by atoms with Gasteiger partial charge in [0.15, 0.2) is 0 Å². The van der Waals surface area contributed by atoms with Gasteiger partial charge in [0.2, 0.25) is 5.91 Å². The summed E-state index contributed by atoms with van der Waals surface area (Å²) in [7, 11) is 0. The molecule has 1 rings (SSSR count). The molecule has 3 heteroatoms. The highest BCUT2D eigenvalue weighted by Crippen LogP contribution is 2.18. The van der Waals surface area contributed by atoms with Gasteiger partial charge in [-0.25, -0.2) is 0 Å². The lowest BCUT2D eigenvalue weighted by Gasteiger charge is -2.24. The zero-order chi connectivity index (χ0) is 12.7.